The summed E-state index contributed by atoms with van der Waals surface area (Å²) < 4.78 is 13.3. The maximum atomic E-state index is 13.3. The maximum absolute atomic E-state index is 13.3. The van der Waals surface area contributed by atoms with Crippen LogP contribution in [0.15, 0.2) is 42.6 Å². The molecule has 0 radical (unpaired) electrons. The number of fused-ring (bicyclic) bond motifs is 1. The van der Waals surface area contributed by atoms with Crippen molar-refractivity contribution in [3.63, 3.8) is 0 Å². The molecule has 5 heteroatoms. The number of nitrogens with zero attached hydrogens (tertiary/aromatic N) is 2. The van der Waals surface area contributed by atoms with Crippen molar-refractivity contribution in [2.24, 2.45) is 0 Å². The van der Waals surface area contributed by atoms with Crippen molar-refractivity contribution in [3.8, 4) is 21.1 Å². The second-order valence-electron chi connectivity index (χ2n) is 5.51. The molecule has 0 bridgehead atoms. The van der Waals surface area contributed by atoms with Gasteiger partial charge in [-0.2, -0.15) is 0 Å². The second kappa shape index (κ2) is 5.66. The lowest BCUT2D eigenvalue weighted by atomic mass is 9.94. The van der Waals surface area contributed by atoms with Gasteiger partial charge in [-0.25, -0.2) is 14.4 Å². The van der Waals surface area contributed by atoms with Crippen molar-refractivity contribution < 1.29 is 9.18 Å². The van der Waals surface area contributed by atoms with Gasteiger partial charge < -0.3 is 0 Å². The molecule has 0 saturated heterocycles. The minimum Gasteiger partial charge on any atom is -0.294 e. The van der Waals surface area contributed by atoms with Gasteiger partial charge in [-0.3, -0.25) is 4.79 Å². The van der Waals surface area contributed by atoms with Crippen molar-refractivity contribution in [1.82, 2.24) is 9.97 Å². The molecule has 3 aromatic rings. The van der Waals surface area contributed by atoms with Crippen LogP contribution in [0.1, 0.15) is 28.9 Å². The summed E-state index contributed by atoms with van der Waals surface area (Å²) in [6.07, 6.45) is 4.03. The summed E-state index contributed by atoms with van der Waals surface area (Å²) in [7, 11) is 0. The number of pyridine rings is 1. The number of benzene rings is 1. The highest BCUT2D eigenvalue weighted by molar-refractivity contribution is 7.18. The van der Waals surface area contributed by atoms with Crippen molar-refractivity contribution in [2.45, 2.75) is 19.3 Å². The van der Waals surface area contributed by atoms with E-state index in [4.69, 9.17) is 0 Å². The van der Waals surface area contributed by atoms with Crippen molar-refractivity contribution in [1.29, 1.82) is 0 Å². The number of carbonyl (C=O) groups is 1. The van der Waals surface area contributed by atoms with E-state index < -0.39 is 0 Å². The van der Waals surface area contributed by atoms with Crippen LogP contribution in [0.2, 0.25) is 0 Å². The first-order chi connectivity index (χ1) is 11.2. The summed E-state index contributed by atoms with van der Waals surface area (Å²) in [5.41, 5.74) is 3.18. The van der Waals surface area contributed by atoms with Gasteiger partial charge in [0.15, 0.2) is 5.78 Å². The van der Waals surface area contributed by atoms with E-state index in [9.17, 15) is 9.18 Å². The van der Waals surface area contributed by atoms with Crippen molar-refractivity contribution in [2.75, 3.05) is 0 Å². The number of thiazole rings is 1. The van der Waals surface area contributed by atoms with Crippen LogP contribution >= 0.6 is 11.3 Å². The first-order valence-electron chi connectivity index (χ1n) is 7.46. The van der Waals surface area contributed by atoms with E-state index in [1.165, 1.54) is 23.5 Å². The Morgan fingerprint density at radius 2 is 2.04 bits per heavy atom. The lowest BCUT2D eigenvalue weighted by Gasteiger charge is -2.13. The average Bonchev–Trinajstić information content (AvgIpc) is 3.05. The van der Waals surface area contributed by atoms with Crippen LogP contribution in [0, 0.1) is 5.82 Å². The fourth-order valence-electron chi connectivity index (χ4n) is 2.78. The lowest BCUT2D eigenvalue weighted by molar-refractivity contribution is 0.0971. The number of hydrogen-bond acceptors (Lipinski definition) is 4. The second-order valence-corrected chi connectivity index (χ2v) is 6.54. The van der Waals surface area contributed by atoms with Crippen LogP contribution in [0.4, 0.5) is 4.39 Å². The Kier molecular flexibility index (Phi) is 3.50. The predicted molar refractivity (Wildman–Crippen MR) is 88.0 cm³/mol. The molecule has 4 rings (SSSR count). The Balaban J connectivity index is 1.71. The largest absolute Gasteiger partial charge is 0.294 e. The van der Waals surface area contributed by atoms with E-state index in [1.807, 2.05) is 18.2 Å². The molecule has 0 spiro atoms. The quantitative estimate of drug-likeness (QED) is 0.695. The zero-order chi connectivity index (χ0) is 15.8. The van der Waals surface area contributed by atoms with Gasteiger partial charge in [0.2, 0.25) is 0 Å². The molecule has 1 aliphatic carbocycles. The van der Waals surface area contributed by atoms with E-state index in [0.29, 0.717) is 6.42 Å². The Morgan fingerprint density at radius 1 is 1.13 bits per heavy atom. The third-order valence-electron chi connectivity index (χ3n) is 3.93. The minimum atomic E-state index is -0.261. The van der Waals surface area contributed by atoms with Gasteiger partial charge >= 0.3 is 0 Å². The molecular formula is C18H13FN2OS. The molecule has 0 amide bonds. The monoisotopic (exact) mass is 324 g/mol. The number of aromatic nitrogens is 2. The van der Waals surface area contributed by atoms with E-state index >= 15 is 0 Å². The van der Waals surface area contributed by atoms with E-state index in [2.05, 4.69) is 9.97 Å². The molecular weight excluding hydrogens is 311 g/mol. The Morgan fingerprint density at radius 3 is 2.91 bits per heavy atom. The third kappa shape index (κ3) is 2.68. The average molecular weight is 324 g/mol. The highest BCUT2D eigenvalue weighted by atomic mass is 32.1. The number of ketones is 1. The van der Waals surface area contributed by atoms with Crippen LogP contribution < -0.4 is 0 Å². The van der Waals surface area contributed by atoms with Gasteiger partial charge in [-0.15, -0.1) is 11.3 Å². The zero-order valence-corrected chi connectivity index (χ0v) is 13.1. The van der Waals surface area contributed by atoms with Crippen molar-refractivity contribution in [3.05, 3.63) is 59.7 Å². The number of rotatable bonds is 2. The summed E-state index contributed by atoms with van der Waals surface area (Å²) in [4.78, 5) is 21.8. The van der Waals surface area contributed by atoms with E-state index in [1.54, 1.807) is 12.3 Å². The third-order valence-corrected chi connectivity index (χ3v) is 4.99. The molecule has 0 N–H and O–H groups in total. The van der Waals surface area contributed by atoms with Gasteiger partial charge in [0, 0.05) is 18.2 Å². The number of halogens is 1. The molecule has 2 aromatic heterocycles. The van der Waals surface area contributed by atoms with Crippen LogP contribution in [-0.2, 0) is 6.42 Å². The smallest absolute Gasteiger partial charge is 0.164 e. The number of aryl methyl sites for hydroxylation is 1. The minimum absolute atomic E-state index is 0.171. The van der Waals surface area contributed by atoms with Crippen LogP contribution in [0.25, 0.3) is 21.1 Å². The molecule has 0 fully saturated rings. The maximum Gasteiger partial charge on any atom is 0.164 e. The van der Waals surface area contributed by atoms with Crippen LogP contribution in [-0.4, -0.2) is 15.8 Å². The summed E-state index contributed by atoms with van der Waals surface area (Å²) >= 11 is 1.47. The molecule has 0 aliphatic heterocycles. The van der Waals surface area contributed by atoms with Gasteiger partial charge in [0.1, 0.15) is 10.8 Å². The molecule has 23 heavy (non-hydrogen) atoms. The molecule has 0 atom stereocenters. The summed E-state index contributed by atoms with van der Waals surface area (Å²) in [6, 6.07) is 10.2. The normalized spacial score (nSPS) is 13.9. The Labute approximate surface area is 136 Å². The first kappa shape index (κ1) is 14.2. The first-order valence-corrected chi connectivity index (χ1v) is 8.27. The van der Waals surface area contributed by atoms with E-state index in [0.717, 1.165) is 45.2 Å². The summed E-state index contributed by atoms with van der Waals surface area (Å²) in [6.45, 7) is 0. The highest BCUT2D eigenvalue weighted by Gasteiger charge is 2.19. The fourth-order valence-corrected chi connectivity index (χ4v) is 3.67. The molecule has 0 unspecified atom stereocenters. The molecule has 3 nitrogen and oxygen atoms in total. The highest BCUT2D eigenvalue weighted by Crippen LogP contribution is 2.32. The predicted octanol–water partition coefficient (Wildman–Crippen LogP) is 4.53. The number of carbonyl (C=O) groups excluding carboxylic acids is 1. The van der Waals surface area contributed by atoms with E-state index in [-0.39, 0.29) is 11.6 Å². The van der Waals surface area contributed by atoms with Gasteiger partial charge in [-0.1, -0.05) is 12.1 Å². The fraction of sp³-hybridized carbons (Fsp3) is 0.167. The standard InChI is InChI=1S/C18H13FN2OS/c19-12-4-1-3-11(9-12)17-10-20-18(23-17)15-8-7-13-14(21-15)5-2-6-16(13)22/h1,3-4,7-10H,2,5-6H2. The molecule has 1 aromatic carbocycles. The van der Waals surface area contributed by atoms with Crippen molar-refractivity contribution >= 4 is 17.1 Å². The van der Waals surface area contributed by atoms with Gasteiger partial charge in [0.05, 0.1) is 16.3 Å². The molecule has 114 valence electrons. The zero-order valence-electron chi connectivity index (χ0n) is 12.3. The van der Waals surface area contributed by atoms with Crippen LogP contribution in [0.5, 0.6) is 0 Å². The van der Waals surface area contributed by atoms with Crippen LogP contribution in [0.3, 0.4) is 0 Å². The number of Topliss-reactive ketones (excluding diaryl/α,β-unsaturated/α-hetero) is 1. The lowest BCUT2D eigenvalue weighted by Crippen LogP contribution is -2.12. The number of hydrogen-bond donors (Lipinski definition) is 0. The summed E-state index contributed by atoms with van der Waals surface area (Å²) in [5.74, 6) is -0.0900. The van der Waals surface area contributed by atoms with Gasteiger partial charge in [-0.05, 0) is 42.7 Å². The molecule has 1 aliphatic rings. The summed E-state index contributed by atoms with van der Waals surface area (Å²) in [5, 5.41) is 0.782. The molecule has 0 saturated carbocycles. The SMILES string of the molecule is O=C1CCCc2nc(-c3ncc(-c4cccc(F)c4)s3)ccc21. The molecule has 2 heterocycles. The Bertz CT molecular complexity index is 904. The topological polar surface area (TPSA) is 42.9 Å². The van der Waals surface area contributed by atoms with Gasteiger partial charge in [0.25, 0.3) is 0 Å². The Hall–Kier alpha value is -2.40.